The van der Waals surface area contributed by atoms with Crippen molar-refractivity contribution in [3.8, 4) is 10.4 Å². The lowest BCUT2D eigenvalue weighted by Crippen LogP contribution is -2.40. The number of alkyl halides is 2. The van der Waals surface area contributed by atoms with Gasteiger partial charge in [0.2, 0.25) is 10.0 Å². The molecule has 242 valence electrons. The molecule has 4 heterocycles. The number of halogens is 2. The number of amides is 1. The number of carbonyl (C=O) groups is 1. The van der Waals surface area contributed by atoms with Gasteiger partial charge in [-0.1, -0.05) is 0 Å². The molecule has 45 heavy (non-hydrogen) atoms. The van der Waals surface area contributed by atoms with Crippen LogP contribution in [0, 0.1) is 19.3 Å². The van der Waals surface area contributed by atoms with Gasteiger partial charge < -0.3 is 20.2 Å². The molecular weight excluding hydrogens is 623 g/mol. The smallest absolute Gasteiger partial charge is 0.258 e. The number of benzene rings is 1. The van der Waals surface area contributed by atoms with Crippen LogP contribution >= 0.6 is 11.3 Å². The molecular formula is C31H38F2N6O4S2. The average Bonchev–Trinajstić information content (AvgIpc) is 3.65. The van der Waals surface area contributed by atoms with Crippen molar-refractivity contribution in [1.29, 1.82) is 0 Å². The third-order valence-corrected chi connectivity index (χ3v) is 11.4. The van der Waals surface area contributed by atoms with E-state index in [4.69, 9.17) is 10.1 Å². The van der Waals surface area contributed by atoms with Crippen LogP contribution in [0.2, 0.25) is 0 Å². The minimum Gasteiger partial charge on any atom is -0.395 e. The zero-order valence-corrected chi connectivity index (χ0v) is 27.0. The molecule has 1 amide bonds. The fourth-order valence-electron chi connectivity index (χ4n) is 6.25. The second-order valence-corrected chi connectivity index (χ2v) is 15.4. The van der Waals surface area contributed by atoms with Crippen LogP contribution in [0.3, 0.4) is 0 Å². The molecule has 1 aromatic carbocycles. The van der Waals surface area contributed by atoms with E-state index in [0.29, 0.717) is 28.2 Å². The van der Waals surface area contributed by atoms with E-state index in [-0.39, 0.29) is 31.7 Å². The summed E-state index contributed by atoms with van der Waals surface area (Å²) in [5, 5.41) is 12.9. The number of hydrogen-bond donors (Lipinski definition) is 3. The number of aliphatic hydroxyl groups is 1. The number of hydrogen-bond acceptors (Lipinski definition) is 9. The van der Waals surface area contributed by atoms with Gasteiger partial charge in [-0.05, 0) is 75.3 Å². The third-order valence-electron chi connectivity index (χ3n) is 9.06. The molecule has 0 radical (unpaired) electrons. The minimum absolute atomic E-state index is 0.134. The topological polar surface area (TPSA) is 128 Å². The first-order valence-electron chi connectivity index (χ1n) is 15.3. The maximum atomic E-state index is 14.1. The van der Waals surface area contributed by atoms with Crippen molar-refractivity contribution < 1.29 is 27.1 Å². The van der Waals surface area contributed by atoms with E-state index >= 15 is 0 Å². The Labute approximate surface area is 265 Å². The number of rotatable bonds is 9. The summed E-state index contributed by atoms with van der Waals surface area (Å²) < 4.78 is 55.3. The van der Waals surface area contributed by atoms with Crippen LogP contribution in [0.15, 0.2) is 30.3 Å². The van der Waals surface area contributed by atoms with Crippen LogP contribution in [0.4, 0.5) is 31.8 Å². The first kappa shape index (κ1) is 31.6. The zero-order valence-electron chi connectivity index (χ0n) is 25.4. The number of anilines is 4. The zero-order chi connectivity index (χ0) is 32.0. The predicted octanol–water partition coefficient (Wildman–Crippen LogP) is 5.42. The molecule has 3 aromatic rings. The highest BCUT2D eigenvalue weighted by Gasteiger charge is 2.44. The van der Waals surface area contributed by atoms with Gasteiger partial charge >= 0.3 is 0 Å². The van der Waals surface area contributed by atoms with Crippen LogP contribution in [0.1, 0.15) is 59.6 Å². The van der Waals surface area contributed by atoms with Gasteiger partial charge in [-0.15, -0.1) is 11.3 Å². The van der Waals surface area contributed by atoms with Crippen LogP contribution in [-0.2, 0) is 10.0 Å². The first-order chi connectivity index (χ1) is 21.4. The van der Waals surface area contributed by atoms with Crippen LogP contribution < -0.4 is 19.8 Å². The number of thiazole rings is 1. The Morgan fingerprint density at radius 3 is 2.29 bits per heavy atom. The lowest BCUT2D eigenvalue weighted by atomic mass is 9.93. The Bertz CT molecular complexity index is 1690. The Balaban J connectivity index is 1.31. The van der Waals surface area contributed by atoms with E-state index in [9.17, 15) is 22.0 Å². The molecule has 3 N–H and O–H groups in total. The number of aryl methyl sites for hydroxylation is 2. The summed E-state index contributed by atoms with van der Waals surface area (Å²) in [7, 11) is -3.76. The molecule has 1 spiro atoms. The third kappa shape index (κ3) is 7.07. The number of carbonyl (C=O) groups excluding carboxylic acids is 1. The summed E-state index contributed by atoms with van der Waals surface area (Å²) in [5.41, 5.74) is 3.29. The Morgan fingerprint density at radius 2 is 1.67 bits per heavy atom. The van der Waals surface area contributed by atoms with Gasteiger partial charge in [0, 0.05) is 44.6 Å². The van der Waals surface area contributed by atoms with Crippen molar-refractivity contribution in [3.05, 3.63) is 46.6 Å². The van der Waals surface area contributed by atoms with Crippen LogP contribution in [0.5, 0.6) is 0 Å². The Kier molecular flexibility index (Phi) is 8.50. The summed E-state index contributed by atoms with van der Waals surface area (Å²) >= 11 is 1.51. The molecule has 0 unspecified atom stereocenters. The van der Waals surface area contributed by atoms with Crippen molar-refractivity contribution in [1.82, 2.24) is 9.97 Å². The fourth-order valence-corrected chi connectivity index (χ4v) is 8.01. The number of pyridine rings is 1. The fraction of sp³-hybridized carbons (Fsp3) is 0.516. The molecule has 2 aromatic heterocycles. The van der Waals surface area contributed by atoms with E-state index in [1.165, 1.54) is 30.2 Å². The number of aromatic nitrogens is 2. The highest BCUT2D eigenvalue weighted by molar-refractivity contribution is 7.92. The van der Waals surface area contributed by atoms with Gasteiger partial charge in [0.05, 0.1) is 44.9 Å². The first-order valence-corrected chi connectivity index (χ1v) is 17.7. The number of sulfonamides is 1. The normalized spacial score (nSPS) is 19.0. The Morgan fingerprint density at radius 1 is 0.978 bits per heavy atom. The van der Waals surface area contributed by atoms with Gasteiger partial charge in [0.1, 0.15) is 11.6 Å². The number of nitrogens with one attached hydrogen (secondary N) is 2. The molecule has 3 fully saturated rings. The highest BCUT2D eigenvalue weighted by Crippen LogP contribution is 2.54. The number of piperidine rings is 2. The SMILES string of the molecule is Cc1nc(C)c(-c2ccc(NC(=O)c3ccc(NS(=O)(=O)CCO)cc3N3CCC4(CC3)CC4)nc2N2CCC(F)(F)CC2)s1. The molecule has 3 aliphatic rings. The van der Waals surface area contributed by atoms with Crippen molar-refractivity contribution in [3.63, 3.8) is 0 Å². The molecule has 10 nitrogen and oxygen atoms in total. The van der Waals surface area contributed by atoms with Crippen molar-refractivity contribution >= 4 is 50.3 Å². The summed E-state index contributed by atoms with van der Waals surface area (Å²) in [6, 6.07) is 8.35. The number of aliphatic hydroxyl groups excluding tert-OH is 1. The van der Waals surface area contributed by atoms with Gasteiger partial charge in [0.15, 0.2) is 0 Å². The summed E-state index contributed by atoms with van der Waals surface area (Å²) in [4.78, 5) is 28.0. The average molecular weight is 661 g/mol. The second kappa shape index (κ2) is 12.1. The lowest BCUT2D eigenvalue weighted by molar-refractivity contribution is -0.0221. The minimum atomic E-state index is -3.76. The Hall–Kier alpha value is -3.36. The monoisotopic (exact) mass is 660 g/mol. The van der Waals surface area contributed by atoms with Crippen molar-refractivity contribution in [2.45, 2.75) is 58.3 Å². The molecule has 1 saturated carbocycles. The standard InChI is InChI=1S/C31H38F2N6O4S2/c1-20-27(44-21(2)34-20)24-5-6-26(35-28(24)39-15-11-31(32,33)12-16-39)36-29(41)23-4-3-22(37-45(42,43)18-17-40)19-25(23)38-13-9-30(7-8-30)10-14-38/h3-6,19,37,40H,7-18H2,1-2H3,(H,35,36,41). The molecule has 0 bridgehead atoms. The van der Waals surface area contributed by atoms with E-state index in [1.807, 2.05) is 24.8 Å². The van der Waals surface area contributed by atoms with Crippen LogP contribution in [-0.4, -0.2) is 73.9 Å². The molecule has 14 heteroatoms. The van der Waals surface area contributed by atoms with Crippen LogP contribution in [0.25, 0.3) is 10.4 Å². The lowest BCUT2D eigenvalue weighted by Gasteiger charge is -2.35. The molecule has 1 aliphatic carbocycles. The van der Waals surface area contributed by atoms with E-state index in [1.54, 1.807) is 18.2 Å². The quantitative estimate of drug-likeness (QED) is 0.278. The highest BCUT2D eigenvalue weighted by atomic mass is 32.2. The predicted molar refractivity (Wildman–Crippen MR) is 173 cm³/mol. The van der Waals surface area contributed by atoms with E-state index < -0.39 is 34.2 Å². The van der Waals surface area contributed by atoms with Gasteiger partial charge in [-0.2, -0.15) is 0 Å². The van der Waals surface area contributed by atoms with E-state index in [2.05, 4.69) is 19.9 Å². The largest absolute Gasteiger partial charge is 0.395 e. The summed E-state index contributed by atoms with van der Waals surface area (Å²) in [6.45, 7) is 5.08. The number of nitrogens with zero attached hydrogens (tertiary/aromatic N) is 4. The molecule has 0 atom stereocenters. The van der Waals surface area contributed by atoms with Gasteiger partial charge in [-0.3, -0.25) is 9.52 Å². The summed E-state index contributed by atoms with van der Waals surface area (Å²) in [6.07, 6.45) is 3.89. The van der Waals surface area contributed by atoms with Gasteiger partial charge in [0.25, 0.3) is 11.8 Å². The van der Waals surface area contributed by atoms with E-state index in [0.717, 1.165) is 47.1 Å². The molecule has 6 rings (SSSR count). The maximum absolute atomic E-state index is 14.1. The second-order valence-electron chi connectivity index (χ2n) is 12.4. The maximum Gasteiger partial charge on any atom is 0.258 e. The van der Waals surface area contributed by atoms with Crippen molar-refractivity contribution in [2.24, 2.45) is 5.41 Å². The molecule has 2 saturated heterocycles. The summed E-state index contributed by atoms with van der Waals surface area (Å²) in [5.74, 6) is -2.76. The van der Waals surface area contributed by atoms with Gasteiger partial charge in [-0.25, -0.2) is 27.2 Å². The molecule has 2 aliphatic heterocycles. The van der Waals surface area contributed by atoms with Crippen molar-refractivity contribution in [2.75, 3.05) is 58.4 Å².